The van der Waals surface area contributed by atoms with Crippen molar-refractivity contribution in [3.63, 3.8) is 0 Å². The molecule has 1 aromatic heterocycles. The fraction of sp³-hybridized carbons (Fsp3) is 0.600. The van der Waals surface area contributed by atoms with Crippen molar-refractivity contribution in [2.75, 3.05) is 13.1 Å². The summed E-state index contributed by atoms with van der Waals surface area (Å²) in [5.41, 5.74) is 2.56. The van der Waals surface area contributed by atoms with Gasteiger partial charge in [0, 0.05) is 0 Å². The number of aromatic amines is 1. The fourth-order valence-electron chi connectivity index (χ4n) is 1.95. The van der Waals surface area contributed by atoms with E-state index < -0.39 is 0 Å². The van der Waals surface area contributed by atoms with Crippen molar-refractivity contribution < 1.29 is 17.0 Å². The molecule has 15 heavy (non-hydrogen) atoms. The molecule has 1 unspecified atom stereocenters. The Morgan fingerprint density at radius 3 is 3.20 bits per heavy atom. The van der Waals surface area contributed by atoms with Crippen LogP contribution in [-0.2, 0) is 29.8 Å². The van der Waals surface area contributed by atoms with E-state index in [1.807, 2.05) is 0 Å². The number of aromatic nitrogens is 2. The average Bonchev–Trinajstić information content (AvgIpc) is 2.74. The van der Waals surface area contributed by atoms with E-state index in [0.29, 0.717) is 5.92 Å². The fourth-order valence-corrected chi connectivity index (χ4v) is 2.34. The van der Waals surface area contributed by atoms with Crippen LogP contribution in [-0.4, -0.2) is 27.5 Å². The molecule has 0 saturated heterocycles. The summed E-state index contributed by atoms with van der Waals surface area (Å²) in [6.07, 6.45) is 4.01. The number of rotatable bonds is 5. The molecule has 1 aromatic rings. The first-order valence-corrected chi connectivity index (χ1v) is 6.04. The molecule has 1 aliphatic rings. The first kappa shape index (κ1) is 11.1. The Hall–Kier alpha value is -0.416. The van der Waals surface area contributed by atoms with Crippen LogP contribution in [0.5, 0.6) is 0 Å². The zero-order valence-corrected chi connectivity index (χ0v) is 10.3. The molecule has 0 spiro atoms. The summed E-state index contributed by atoms with van der Waals surface area (Å²) in [7, 11) is 0. The van der Waals surface area contributed by atoms with Crippen LogP contribution in [0.15, 0.2) is 6.33 Å². The molecule has 5 heteroatoms. The molecule has 81 valence electrons. The molecule has 0 aromatic carbocycles. The number of imidazole rings is 1. The molecule has 3 N–H and O–H groups in total. The molecule has 1 atom stereocenters. The first-order valence-electron chi connectivity index (χ1n) is 5.34. The summed E-state index contributed by atoms with van der Waals surface area (Å²) >= 11 is 2.53. The molecule has 0 bridgehead atoms. The maximum atomic E-state index is 4.30. The Kier molecular flexibility index (Phi) is 3.75. The third-order valence-corrected chi connectivity index (χ3v) is 3.18. The molecule has 1 aliphatic carbocycles. The van der Waals surface area contributed by atoms with Crippen molar-refractivity contribution in [3.8, 4) is 0 Å². The van der Waals surface area contributed by atoms with Crippen LogP contribution < -0.4 is 10.6 Å². The Balaban J connectivity index is 1.75. The number of fused-ring (bicyclic) bond motifs is 1. The van der Waals surface area contributed by atoms with Gasteiger partial charge in [-0.3, -0.25) is 0 Å². The van der Waals surface area contributed by atoms with Gasteiger partial charge in [0.05, 0.1) is 0 Å². The van der Waals surface area contributed by atoms with Crippen molar-refractivity contribution in [2.45, 2.75) is 19.8 Å². The third-order valence-electron chi connectivity index (χ3n) is 2.68. The predicted octanol–water partition coefficient (Wildman–Crippen LogP) is -0.0422. The van der Waals surface area contributed by atoms with Crippen molar-refractivity contribution >= 4 is 4.47 Å². The van der Waals surface area contributed by atoms with E-state index in [-0.39, 0.29) is 0 Å². The molecular weight excluding hydrogens is 227 g/mol. The maximum absolute atomic E-state index is 4.30. The summed E-state index contributed by atoms with van der Waals surface area (Å²) in [5.74, 6) is 0.678. The van der Waals surface area contributed by atoms with E-state index in [9.17, 15) is 0 Å². The van der Waals surface area contributed by atoms with Gasteiger partial charge < -0.3 is 0 Å². The van der Waals surface area contributed by atoms with E-state index >= 15 is 0 Å². The van der Waals surface area contributed by atoms with Gasteiger partial charge in [-0.25, -0.2) is 0 Å². The van der Waals surface area contributed by atoms with Gasteiger partial charge in [0.2, 0.25) is 0 Å². The molecular formula is C10H16N4V. The van der Waals surface area contributed by atoms with Gasteiger partial charge in [-0.15, -0.1) is 0 Å². The van der Waals surface area contributed by atoms with Crippen molar-refractivity contribution in [1.29, 1.82) is 0 Å². The SMILES string of the molecule is CCN[C](=[V])NCC1Cc2nc[nH]c2C1. The van der Waals surface area contributed by atoms with Crippen LogP contribution in [0.25, 0.3) is 0 Å². The number of H-pyrrole nitrogens is 1. The van der Waals surface area contributed by atoms with Crippen LogP contribution >= 0.6 is 0 Å². The summed E-state index contributed by atoms with van der Waals surface area (Å²) < 4.78 is 1.11. The molecule has 2 rings (SSSR count). The molecule has 0 aliphatic heterocycles. The molecule has 1 heterocycles. The van der Waals surface area contributed by atoms with Crippen LogP contribution in [0.2, 0.25) is 0 Å². The summed E-state index contributed by atoms with van der Waals surface area (Å²) in [4.78, 5) is 7.50. The number of nitrogens with zero attached hydrogens (tertiary/aromatic N) is 1. The topological polar surface area (TPSA) is 52.7 Å². The van der Waals surface area contributed by atoms with Crippen molar-refractivity contribution in [2.24, 2.45) is 5.92 Å². The molecule has 4 nitrogen and oxygen atoms in total. The van der Waals surface area contributed by atoms with Crippen molar-refractivity contribution in [1.82, 2.24) is 20.6 Å². The Labute approximate surface area is 98.7 Å². The number of nitrogens with one attached hydrogen (secondary N) is 3. The standard InChI is InChI=1S/C10H16N4.V/c1-2-11-6-12-5-8-3-9-10(4-8)14-7-13-9;/h7-8,11-12H,2-5H2,1H3,(H,13,14);. The van der Waals surface area contributed by atoms with Gasteiger partial charge in [-0.1, -0.05) is 0 Å². The normalized spacial score (nSPS) is 15.5. The van der Waals surface area contributed by atoms with Crippen LogP contribution in [0.1, 0.15) is 18.3 Å². The second-order valence-electron chi connectivity index (χ2n) is 3.86. The number of hydrogen-bond donors (Lipinski definition) is 3. The zero-order valence-electron chi connectivity index (χ0n) is 8.88. The summed E-state index contributed by atoms with van der Waals surface area (Å²) in [6, 6.07) is 0. The molecule has 0 amide bonds. The monoisotopic (exact) mass is 243 g/mol. The summed E-state index contributed by atoms with van der Waals surface area (Å²) in [5, 5.41) is 6.62. The van der Waals surface area contributed by atoms with Crippen molar-refractivity contribution in [3.05, 3.63) is 17.7 Å². The molecule has 0 fully saturated rings. The average molecular weight is 243 g/mol. The zero-order chi connectivity index (χ0) is 10.7. The molecule has 0 radical (unpaired) electrons. The van der Waals surface area contributed by atoms with Gasteiger partial charge in [0.1, 0.15) is 0 Å². The second-order valence-corrected chi connectivity index (χ2v) is 4.56. The molecule has 0 saturated carbocycles. The van der Waals surface area contributed by atoms with E-state index in [0.717, 1.165) is 30.4 Å². The quantitative estimate of drug-likeness (QED) is 0.680. The Morgan fingerprint density at radius 2 is 2.47 bits per heavy atom. The third kappa shape index (κ3) is 2.79. The Morgan fingerprint density at radius 1 is 1.60 bits per heavy atom. The summed E-state index contributed by atoms with van der Waals surface area (Å²) in [6.45, 7) is 4.07. The minimum absolute atomic E-state index is 0.678. The van der Waals surface area contributed by atoms with Gasteiger partial charge in [0.25, 0.3) is 0 Å². The van der Waals surface area contributed by atoms with E-state index in [1.54, 1.807) is 6.33 Å². The van der Waals surface area contributed by atoms with Crippen LogP contribution in [0.4, 0.5) is 0 Å². The Bertz CT molecular complexity index is 326. The van der Waals surface area contributed by atoms with Gasteiger partial charge in [-0.2, -0.15) is 0 Å². The van der Waals surface area contributed by atoms with Gasteiger partial charge in [-0.05, 0) is 0 Å². The first-order chi connectivity index (χ1) is 7.29. The van der Waals surface area contributed by atoms with E-state index in [2.05, 4.69) is 44.5 Å². The predicted molar refractivity (Wildman–Crippen MR) is 56.2 cm³/mol. The van der Waals surface area contributed by atoms with Gasteiger partial charge >= 0.3 is 98.5 Å². The second kappa shape index (κ2) is 5.08. The van der Waals surface area contributed by atoms with E-state index in [1.165, 1.54) is 11.4 Å². The van der Waals surface area contributed by atoms with Gasteiger partial charge in [0.15, 0.2) is 0 Å². The minimum atomic E-state index is 0.678. The van der Waals surface area contributed by atoms with Crippen LogP contribution in [0, 0.1) is 5.92 Å². The number of hydrogen-bond acceptors (Lipinski definition) is 3. The van der Waals surface area contributed by atoms with E-state index in [4.69, 9.17) is 0 Å². The van der Waals surface area contributed by atoms with Crippen LogP contribution in [0.3, 0.4) is 0 Å².